The van der Waals surface area contributed by atoms with Crippen molar-refractivity contribution in [1.82, 2.24) is 15.0 Å². The van der Waals surface area contributed by atoms with Gasteiger partial charge in [-0.25, -0.2) is 15.0 Å². The summed E-state index contributed by atoms with van der Waals surface area (Å²) < 4.78 is 5.10. The van der Waals surface area contributed by atoms with Crippen LogP contribution >= 0.6 is 0 Å². The highest BCUT2D eigenvalue weighted by molar-refractivity contribution is 5.93. The number of hydrogen-bond donors (Lipinski definition) is 1. The lowest BCUT2D eigenvalue weighted by Gasteiger charge is -2.08. The van der Waals surface area contributed by atoms with Gasteiger partial charge in [-0.15, -0.1) is 0 Å². The summed E-state index contributed by atoms with van der Waals surface area (Å²) >= 11 is 0. The van der Waals surface area contributed by atoms with Gasteiger partial charge in [-0.05, 0) is 23.8 Å². The largest absolute Gasteiger partial charge is 0.481 e. The van der Waals surface area contributed by atoms with Crippen LogP contribution in [-0.2, 0) is 0 Å². The Balaban J connectivity index is 1.79. The van der Waals surface area contributed by atoms with Crippen LogP contribution in [0.25, 0.3) is 33.4 Å². The molecule has 5 heteroatoms. The molecule has 122 valence electrons. The number of pyridine rings is 1. The van der Waals surface area contributed by atoms with Gasteiger partial charge in [0.1, 0.15) is 5.82 Å². The standard InChI is InChI=1S/C20H16N4O/c1-25-18-10-8-15(12-22-18)14-7-9-17-16(11-14)19(21)24-20(23-17)13-5-3-2-4-6-13/h2-12H,1H3,(H2,21,23,24). The third kappa shape index (κ3) is 2.87. The number of nitrogens with two attached hydrogens (primary N) is 1. The van der Waals surface area contributed by atoms with Crippen LogP contribution in [0.15, 0.2) is 66.9 Å². The van der Waals surface area contributed by atoms with Crippen LogP contribution < -0.4 is 10.5 Å². The predicted octanol–water partition coefficient (Wildman–Crippen LogP) is 3.95. The quantitative estimate of drug-likeness (QED) is 0.616. The molecule has 25 heavy (non-hydrogen) atoms. The Morgan fingerprint density at radius 2 is 1.64 bits per heavy atom. The molecular formula is C20H16N4O. The molecule has 0 spiro atoms. The molecule has 0 saturated carbocycles. The Bertz CT molecular complexity index is 1030. The summed E-state index contributed by atoms with van der Waals surface area (Å²) in [6, 6.07) is 19.6. The van der Waals surface area contributed by atoms with Crippen molar-refractivity contribution in [2.75, 3.05) is 12.8 Å². The molecule has 0 bridgehead atoms. The Kier molecular flexibility index (Phi) is 3.74. The number of anilines is 1. The molecule has 5 nitrogen and oxygen atoms in total. The zero-order valence-corrected chi connectivity index (χ0v) is 13.7. The number of rotatable bonds is 3. The van der Waals surface area contributed by atoms with Crippen LogP contribution in [-0.4, -0.2) is 22.1 Å². The molecule has 0 amide bonds. The zero-order valence-electron chi connectivity index (χ0n) is 13.7. The van der Waals surface area contributed by atoms with Crippen molar-refractivity contribution in [3.05, 3.63) is 66.9 Å². The molecule has 2 aromatic heterocycles. The molecule has 2 N–H and O–H groups in total. The van der Waals surface area contributed by atoms with E-state index in [1.165, 1.54) is 0 Å². The van der Waals surface area contributed by atoms with E-state index in [9.17, 15) is 0 Å². The summed E-state index contributed by atoms with van der Waals surface area (Å²) in [5.41, 5.74) is 9.95. The van der Waals surface area contributed by atoms with Crippen LogP contribution in [0.1, 0.15) is 0 Å². The Morgan fingerprint density at radius 3 is 2.36 bits per heavy atom. The van der Waals surface area contributed by atoms with Gasteiger partial charge in [-0.2, -0.15) is 0 Å². The third-order valence-corrected chi connectivity index (χ3v) is 4.04. The molecule has 4 rings (SSSR count). The fourth-order valence-corrected chi connectivity index (χ4v) is 2.72. The van der Waals surface area contributed by atoms with Crippen molar-refractivity contribution in [3.63, 3.8) is 0 Å². The van der Waals surface area contributed by atoms with Gasteiger partial charge in [0.2, 0.25) is 5.88 Å². The smallest absolute Gasteiger partial charge is 0.212 e. The second-order valence-corrected chi connectivity index (χ2v) is 5.62. The lowest BCUT2D eigenvalue weighted by atomic mass is 10.0. The minimum absolute atomic E-state index is 0.465. The average Bonchev–Trinajstić information content (AvgIpc) is 2.68. The first-order valence-corrected chi connectivity index (χ1v) is 7.88. The highest BCUT2D eigenvalue weighted by atomic mass is 16.5. The zero-order chi connectivity index (χ0) is 17.2. The van der Waals surface area contributed by atoms with Crippen molar-refractivity contribution in [3.8, 4) is 28.4 Å². The summed E-state index contributed by atoms with van der Waals surface area (Å²) in [5, 5.41) is 0.827. The van der Waals surface area contributed by atoms with E-state index in [0.29, 0.717) is 17.5 Å². The van der Waals surface area contributed by atoms with Gasteiger partial charge >= 0.3 is 0 Å². The van der Waals surface area contributed by atoms with Crippen LogP contribution in [0.4, 0.5) is 5.82 Å². The number of methoxy groups -OCH3 is 1. The molecule has 0 atom stereocenters. The van der Waals surface area contributed by atoms with Crippen molar-refractivity contribution in [2.45, 2.75) is 0 Å². The summed E-state index contributed by atoms with van der Waals surface area (Å²) in [4.78, 5) is 13.4. The first kappa shape index (κ1) is 15.1. The lowest BCUT2D eigenvalue weighted by molar-refractivity contribution is 0.398. The highest BCUT2D eigenvalue weighted by Gasteiger charge is 2.09. The van der Waals surface area contributed by atoms with Crippen LogP contribution in [0.2, 0.25) is 0 Å². The fourth-order valence-electron chi connectivity index (χ4n) is 2.72. The van der Waals surface area contributed by atoms with Gasteiger partial charge in [-0.1, -0.05) is 36.4 Å². The Labute approximate surface area is 145 Å². The van der Waals surface area contributed by atoms with Gasteiger partial charge in [0, 0.05) is 28.8 Å². The van der Waals surface area contributed by atoms with Gasteiger partial charge in [0.05, 0.1) is 12.6 Å². The van der Waals surface area contributed by atoms with Gasteiger partial charge in [0.25, 0.3) is 0 Å². The predicted molar refractivity (Wildman–Crippen MR) is 99.2 cm³/mol. The molecule has 0 aliphatic rings. The van der Waals surface area contributed by atoms with E-state index in [1.54, 1.807) is 13.3 Å². The minimum atomic E-state index is 0.465. The number of hydrogen-bond acceptors (Lipinski definition) is 5. The van der Waals surface area contributed by atoms with Crippen molar-refractivity contribution in [1.29, 1.82) is 0 Å². The second kappa shape index (κ2) is 6.20. The molecule has 2 aromatic carbocycles. The molecule has 0 unspecified atom stereocenters. The van der Waals surface area contributed by atoms with Crippen LogP contribution in [0.3, 0.4) is 0 Å². The van der Waals surface area contributed by atoms with Gasteiger partial charge in [0.15, 0.2) is 5.82 Å². The SMILES string of the molecule is COc1ccc(-c2ccc3nc(-c4ccccc4)nc(N)c3c2)cn1. The fraction of sp³-hybridized carbons (Fsp3) is 0.0500. The van der Waals surface area contributed by atoms with Gasteiger partial charge < -0.3 is 10.5 Å². The molecule has 0 saturated heterocycles. The maximum atomic E-state index is 6.20. The summed E-state index contributed by atoms with van der Waals surface area (Å²) in [7, 11) is 1.60. The average molecular weight is 328 g/mol. The summed E-state index contributed by atoms with van der Waals surface area (Å²) in [5.74, 6) is 1.68. The van der Waals surface area contributed by atoms with Crippen LogP contribution in [0.5, 0.6) is 5.88 Å². The van der Waals surface area contributed by atoms with E-state index in [0.717, 1.165) is 27.6 Å². The van der Waals surface area contributed by atoms with E-state index in [1.807, 2.05) is 60.7 Å². The van der Waals surface area contributed by atoms with E-state index < -0.39 is 0 Å². The molecular weight excluding hydrogens is 312 g/mol. The molecule has 0 radical (unpaired) electrons. The highest BCUT2D eigenvalue weighted by Crippen LogP contribution is 2.28. The molecule has 4 aromatic rings. The van der Waals surface area contributed by atoms with Crippen LogP contribution in [0, 0.1) is 0 Å². The normalized spacial score (nSPS) is 10.8. The maximum absolute atomic E-state index is 6.20. The van der Waals surface area contributed by atoms with Crippen molar-refractivity contribution >= 4 is 16.7 Å². The summed E-state index contributed by atoms with van der Waals surface area (Å²) in [6.45, 7) is 0. The number of fused-ring (bicyclic) bond motifs is 1. The van der Waals surface area contributed by atoms with E-state index in [4.69, 9.17) is 10.5 Å². The monoisotopic (exact) mass is 328 g/mol. The number of ether oxygens (including phenoxy) is 1. The van der Waals surface area contributed by atoms with Crippen molar-refractivity contribution < 1.29 is 4.74 Å². The lowest BCUT2D eigenvalue weighted by Crippen LogP contribution is -1.98. The Hall–Kier alpha value is -3.47. The second-order valence-electron chi connectivity index (χ2n) is 5.62. The number of benzene rings is 2. The molecule has 0 aliphatic heterocycles. The third-order valence-electron chi connectivity index (χ3n) is 4.04. The Morgan fingerprint density at radius 1 is 0.840 bits per heavy atom. The first-order chi connectivity index (χ1) is 12.2. The first-order valence-electron chi connectivity index (χ1n) is 7.88. The number of nitrogens with zero attached hydrogens (tertiary/aromatic N) is 3. The van der Waals surface area contributed by atoms with E-state index in [-0.39, 0.29) is 0 Å². The van der Waals surface area contributed by atoms with Crippen molar-refractivity contribution in [2.24, 2.45) is 0 Å². The number of aromatic nitrogens is 3. The molecule has 0 fully saturated rings. The molecule has 2 heterocycles. The minimum Gasteiger partial charge on any atom is -0.481 e. The maximum Gasteiger partial charge on any atom is 0.212 e. The number of nitrogen functional groups attached to an aromatic ring is 1. The van der Waals surface area contributed by atoms with Gasteiger partial charge in [-0.3, -0.25) is 0 Å². The van der Waals surface area contributed by atoms with E-state index >= 15 is 0 Å². The molecule has 0 aliphatic carbocycles. The van der Waals surface area contributed by atoms with E-state index in [2.05, 4.69) is 15.0 Å². The summed E-state index contributed by atoms with van der Waals surface area (Å²) in [6.07, 6.45) is 1.77. The topological polar surface area (TPSA) is 73.9 Å².